The first-order chi connectivity index (χ1) is 10.9. The molecule has 0 radical (unpaired) electrons. The van der Waals surface area contributed by atoms with Crippen LogP contribution in [0.5, 0.6) is 5.75 Å². The second kappa shape index (κ2) is 8.18. The molecule has 130 valence electrons. The van der Waals surface area contributed by atoms with Crippen LogP contribution in [-0.2, 0) is 9.84 Å². The molecule has 1 aromatic rings. The lowest BCUT2D eigenvalue weighted by Gasteiger charge is -2.22. The van der Waals surface area contributed by atoms with Gasteiger partial charge in [0.25, 0.3) is 0 Å². The first kappa shape index (κ1) is 18.3. The van der Waals surface area contributed by atoms with Gasteiger partial charge in [-0.2, -0.15) is 0 Å². The van der Waals surface area contributed by atoms with Crippen molar-refractivity contribution in [1.29, 1.82) is 0 Å². The summed E-state index contributed by atoms with van der Waals surface area (Å²) >= 11 is 0. The van der Waals surface area contributed by atoms with Crippen LogP contribution in [0.3, 0.4) is 0 Å². The van der Waals surface area contributed by atoms with E-state index in [0.717, 1.165) is 30.8 Å². The van der Waals surface area contributed by atoms with Crippen molar-refractivity contribution >= 4 is 9.84 Å². The molecule has 1 aromatic carbocycles. The van der Waals surface area contributed by atoms with E-state index in [4.69, 9.17) is 4.74 Å². The minimum absolute atomic E-state index is 0.0290. The van der Waals surface area contributed by atoms with Crippen LogP contribution in [0.4, 0.5) is 0 Å². The average Bonchev–Trinajstić information content (AvgIpc) is 3.33. The molecule has 1 unspecified atom stereocenters. The zero-order valence-corrected chi connectivity index (χ0v) is 15.4. The molecule has 23 heavy (non-hydrogen) atoms. The average molecular weight is 339 g/mol. The lowest BCUT2D eigenvalue weighted by Crippen LogP contribution is -2.21. The quantitative estimate of drug-likeness (QED) is 0.634. The Morgan fingerprint density at radius 1 is 1.26 bits per heavy atom. The molecular formula is C19H30O3S. The summed E-state index contributed by atoms with van der Waals surface area (Å²) in [7, 11) is -3.01. The van der Waals surface area contributed by atoms with Crippen LogP contribution in [0, 0.1) is 11.8 Å². The molecule has 1 atom stereocenters. The molecule has 0 saturated heterocycles. The van der Waals surface area contributed by atoms with Crippen LogP contribution in [0.25, 0.3) is 0 Å². The topological polar surface area (TPSA) is 43.4 Å². The van der Waals surface area contributed by atoms with E-state index in [1.165, 1.54) is 12.8 Å². The first-order valence-electron chi connectivity index (χ1n) is 8.84. The van der Waals surface area contributed by atoms with Gasteiger partial charge < -0.3 is 4.74 Å². The molecule has 1 aliphatic carbocycles. The monoisotopic (exact) mass is 338 g/mol. The van der Waals surface area contributed by atoms with Crippen molar-refractivity contribution in [3.63, 3.8) is 0 Å². The van der Waals surface area contributed by atoms with Gasteiger partial charge in [-0.25, -0.2) is 8.42 Å². The van der Waals surface area contributed by atoms with Crippen LogP contribution in [0.15, 0.2) is 24.3 Å². The summed E-state index contributed by atoms with van der Waals surface area (Å²) in [5, 5.41) is 0. The summed E-state index contributed by atoms with van der Waals surface area (Å²) in [6, 6.07) is 8.01. The zero-order chi connectivity index (χ0) is 16.9. The normalized spacial score (nSPS) is 16.5. The molecule has 0 aromatic heterocycles. The number of hydrogen-bond acceptors (Lipinski definition) is 3. The van der Waals surface area contributed by atoms with Gasteiger partial charge in [-0.3, -0.25) is 0 Å². The number of hydrogen-bond donors (Lipinski definition) is 0. The molecule has 4 heteroatoms. The number of ether oxygens (including phenoxy) is 1. The maximum absolute atomic E-state index is 12.4. The minimum Gasteiger partial charge on any atom is -0.493 e. The fraction of sp³-hybridized carbons (Fsp3) is 0.684. The summed E-state index contributed by atoms with van der Waals surface area (Å²) in [4.78, 5) is 0. The zero-order valence-electron chi connectivity index (χ0n) is 14.6. The van der Waals surface area contributed by atoms with Gasteiger partial charge in [-0.1, -0.05) is 39.3 Å². The van der Waals surface area contributed by atoms with Crippen molar-refractivity contribution < 1.29 is 13.2 Å². The molecule has 3 nitrogen and oxygen atoms in total. The predicted molar refractivity (Wildman–Crippen MR) is 95.8 cm³/mol. The maximum Gasteiger partial charge on any atom is 0.150 e. The summed E-state index contributed by atoms with van der Waals surface area (Å²) in [5.41, 5.74) is 1.08. The number of benzene rings is 1. The molecule has 1 fully saturated rings. The second-order valence-electron chi connectivity index (χ2n) is 7.15. The van der Waals surface area contributed by atoms with Crippen LogP contribution in [0.1, 0.15) is 57.9 Å². The Balaban J connectivity index is 2.08. The highest BCUT2D eigenvalue weighted by atomic mass is 32.2. The Morgan fingerprint density at radius 3 is 2.61 bits per heavy atom. The molecule has 0 spiro atoms. The molecule has 1 saturated carbocycles. The highest BCUT2D eigenvalue weighted by Gasteiger charge is 2.24. The number of sulfone groups is 1. The van der Waals surface area contributed by atoms with E-state index in [0.29, 0.717) is 11.7 Å². The van der Waals surface area contributed by atoms with E-state index < -0.39 is 9.84 Å². The van der Waals surface area contributed by atoms with Crippen LogP contribution in [0.2, 0.25) is 0 Å². The van der Waals surface area contributed by atoms with E-state index >= 15 is 0 Å². The lowest BCUT2D eigenvalue weighted by atomic mass is 9.90. The van der Waals surface area contributed by atoms with Gasteiger partial charge in [0, 0.05) is 5.92 Å². The Labute approximate surface area is 141 Å². The molecular weight excluding hydrogens is 308 g/mol. The standard InChI is InChI=1S/C19H30O3S/c1-4-5-11-23(20,21)14-19(15(2)3)17-7-6-8-18(12-17)22-13-16-9-10-16/h6-8,12,15-16,19H,4-5,9-11,13-14H2,1-3H3. The highest BCUT2D eigenvalue weighted by molar-refractivity contribution is 7.91. The third-order valence-corrected chi connectivity index (χ3v) is 6.29. The fourth-order valence-electron chi connectivity index (χ4n) is 2.73. The molecule has 0 aliphatic heterocycles. The summed E-state index contributed by atoms with van der Waals surface area (Å²) in [5.74, 6) is 2.42. The first-order valence-corrected chi connectivity index (χ1v) is 10.7. The van der Waals surface area contributed by atoms with Gasteiger partial charge in [0.1, 0.15) is 5.75 Å². The Morgan fingerprint density at radius 2 is 2.00 bits per heavy atom. The predicted octanol–water partition coefficient (Wildman–Crippen LogP) is 4.43. The summed E-state index contributed by atoms with van der Waals surface area (Å²) in [6.07, 6.45) is 4.20. The molecule has 1 aliphatic rings. The van der Waals surface area contributed by atoms with Gasteiger partial charge in [0.05, 0.1) is 18.1 Å². The smallest absolute Gasteiger partial charge is 0.150 e. The summed E-state index contributed by atoms with van der Waals surface area (Å²) < 4.78 is 30.6. The van der Waals surface area contributed by atoms with Gasteiger partial charge in [0.15, 0.2) is 9.84 Å². The molecule has 0 N–H and O–H groups in total. The third kappa shape index (κ3) is 6.17. The van der Waals surface area contributed by atoms with E-state index in [2.05, 4.69) is 13.8 Å². The van der Waals surface area contributed by atoms with Gasteiger partial charge in [0.2, 0.25) is 0 Å². The van der Waals surface area contributed by atoms with Gasteiger partial charge in [-0.05, 0) is 48.8 Å². The fourth-order valence-corrected chi connectivity index (χ4v) is 4.75. The van der Waals surface area contributed by atoms with Crippen molar-refractivity contribution in [2.24, 2.45) is 11.8 Å². The minimum atomic E-state index is -3.01. The Bertz CT molecular complexity index is 588. The van der Waals surface area contributed by atoms with Crippen molar-refractivity contribution in [3.05, 3.63) is 29.8 Å². The third-order valence-electron chi connectivity index (χ3n) is 4.52. The second-order valence-corrected chi connectivity index (χ2v) is 9.37. The Kier molecular flexibility index (Phi) is 6.51. The molecule has 0 amide bonds. The van der Waals surface area contributed by atoms with E-state index in [-0.39, 0.29) is 17.6 Å². The molecule has 0 bridgehead atoms. The van der Waals surface area contributed by atoms with Crippen LogP contribution in [-0.4, -0.2) is 26.5 Å². The van der Waals surface area contributed by atoms with Gasteiger partial charge in [-0.15, -0.1) is 0 Å². The van der Waals surface area contributed by atoms with Crippen LogP contribution >= 0.6 is 0 Å². The Hall–Kier alpha value is -1.03. The van der Waals surface area contributed by atoms with E-state index in [1.54, 1.807) is 0 Å². The number of rotatable bonds is 10. The molecule has 2 rings (SSSR count). The molecule has 0 heterocycles. The van der Waals surface area contributed by atoms with Crippen molar-refractivity contribution in [1.82, 2.24) is 0 Å². The highest BCUT2D eigenvalue weighted by Crippen LogP contribution is 2.32. The summed E-state index contributed by atoms with van der Waals surface area (Å²) in [6.45, 7) is 7.00. The largest absolute Gasteiger partial charge is 0.493 e. The lowest BCUT2D eigenvalue weighted by molar-refractivity contribution is 0.299. The maximum atomic E-state index is 12.4. The number of unbranched alkanes of at least 4 members (excludes halogenated alkanes) is 1. The SMILES string of the molecule is CCCCS(=O)(=O)CC(c1cccc(OCC2CC2)c1)C(C)C. The van der Waals surface area contributed by atoms with E-state index in [9.17, 15) is 8.42 Å². The van der Waals surface area contributed by atoms with Crippen molar-refractivity contribution in [2.45, 2.75) is 52.4 Å². The van der Waals surface area contributed by atoms with E-state index in [1.807, 2.05) is 31.2 Å². The van der Waals surface area contributed by atoms with Crippen molar-refractivity contribution in [3.8, 4) is 5.75 Å². The van der Waals surface area contributed by atoms with Crippen LogP contribution < -0.4 is 4.74 Å². The van der Waals surface area contributed by atoms with Gasteiger partial charge >= 0.3 is 0 Å². The van der Waals surface area contributed by atoms with Crippen molar-refractivity contribution in [2.75, 3.05) is 18.1 Å².